The summed E-state index contributed by atoms with van der Waals surface area (Å²) in [4.78, 5) is 11.8. The summed E-state index contributed by atoms with van der Waals surface area (Å²) >= 11 is 0. The molecule has 0 aliphatic carbocycles. The summed E-state index contributed by atoms with van der Waals surface area (Å²) in [5, 5.41) is 0. The normalized spacial score (nSPS) is 11.1. The number of hydrogen-bond donors (Lipinski definition) is 0. The highest BCUT2D eigenvalue weighted by molar-refractivity contribution is 5.92. The molecule has 22 heavy (non-hydrogen) atoms. The molecule has 0 amide bonds. The van der Waals surface area contributed by atoms with Crippen LogP contribution in [0.15, 0.2) is 48.5 Å². The van der Waals surface area contributed by atoms with Crippen molar-refractivity contribution in [1.29, 1.82) is 0 Å². The van der Waals surface area contributed by atoms with Crippen LogP contribution in [0.5, 0.6) is 11.5 Å². The highest BCUT2D eigenvalue weighted by atomic mass is 19.4. The maximum Gasteiger partial charge on any atom is 0.416 e. The first kappa shape index (κ1) is 15.9. The van der Waals surface area contributed by atoms with Crippen molar-refractivity contribution in [2.24, 2.45) is 0 Å². The minimum Gasteiger partial charge on any atom is -0.462 e. The number of halogens is 3. The Morgan fingerprint density at radius 2 is 1.77 bits per heavy atom. The Balaban J connectivity index is 2.43. The van der Waals surface area contributed by atoms with E-state index in [0.29, 0.717) is 5.75 Å². The summed E-state index contributed by atoms with van der Waals surface area (Å²) in [7, 11) is 0. The maximum absolute atomic E-state index is 12.8. The van der Waals surface area contributed by atoms with E-state index in [1.54, 1.807) is 37.3 Å². The van der Waals surface area contributed by atoms with Crippen molar-refractivity contribution in [1.82, 2.24) is 0 Å². The first-order chi connectivity index (χ1) is 10.4. The predicted octanol–water partition coefficient (Wildman–Crippen LogP) is 4.67. The molecule has 0 aromatic heterocycles. The molecule has 116 valence electrons. The molecule has 2 rings (SSSR count). The van der Waals surface area contributed by atoms with Gasteiger partial charge >= 0.3 is 12.1 Å². The molecule has 0 heterocycles. The van der Waals surface area contributed by atoms with E-state index in [4.69, 9.17) is 9.47 Å². The topological polar surface area (TPSA) is 35.5 Å². The van der Waals surface area contributed by atoms with E-state index in [1.807, 2.05) is 0 Å². The van der Waals surface area contributed by atoms with Gasteiger partial charge in [0.2, 0.25) is 0 Å². The molecule has 0 bridgehead atoms. The summed E-state index contributed by atoms with van der Waals surface area (Å²) in [5.74, 6) is -0.603. The molecule has 0 spiro atoms. The number of hydrogen-bond acceptors (Lipinski definition) is 3. The van der Waals surface area contributed by atoms with E-state index in [-0.39, 0.29) is 17.9 Å². The number of rotatable bonds is 4. The van der Waals surface area contributed by atoms with Crippen LogP contribution in [0.4, 0.5) is 13.2 Å². The van der Waals surface area contributed by atoms with Crippen LogP contribution >= 0.6 is 0 Å². The van der Waals surface area contributed by atoms with Gasteiger partial charge in [-0.25, -0.2) is 4.79 Å². The molecule has 0 radical (unpaired) electrons. The molecule has 0 atom stereocenters. The summed E-state index contributed by atoms with van der Waals surface area (Å²) in [6.07, 6.45) is -4.53. The van der Waals surface area contributed by atoms with E-state index < -0.39 is 17.7 Å². The number of ether oxygens (including phenoxy) is 2. The summed E-state index contributed by atoms with van der Waals surface area (Å²) < 4.78 is 48.7. The van der Waals surface area contributed by atoms with Gasteiger partial charge < -0.3 is 9.47 Å². The molecule has 0 unspecified atom stereocenters. The minimum atomic E-state index is -4.53. The Morgan fingerprint density at radius 3 is 2.36 bits per heavy atom. The summed E-state index contributed by atoms with van der Waals surface area (Å²) in [5.41, 5.74) is -0.954. The van der Waals surface area contributed by atoms with Crippen LogP contribution < -0.4 is 4.74 Å². The molecule has 3 nitrogen and oxygen atoms in total. The molecule has 0 aliphatic heterocycles. The lowest BCUT2D eigenvalue weighted by molar-refractivity contribution is -0.137. The van der Waals surface area contributed by atoms with Gasteiger partial charge in [-0.2, -0.15) is 13.2 Å². The van der Waals surface area contributed by atoms with Crippen molar-refractivity contribution in [3.63, 3.8) is 0 Å². The number of carbonyl (C=O) groups is 1. The molecule has 2 aromatic rings. The second-order valence-corrected chi connectivity index (χ2v) is 4.34. The second-order valence-electron chi connectivity index (χ2n) is 4.34. The summed E-state index contributed by atoms with van der Waals surface area (Å²) in [6.45, 7) is 1.73. The third-order valence-electron chi connectivity index (χ3n) is 2.78. The van der Waals surface area contributed by atoms with Gasteiger partial charge in [0.15, 0.2) is 0 Å². The highest BCUT2D eigenvalue weighted by Crippen LogP contribution is 2.35. The number of para-hydroxylation sites is 1. The molecule has 0 saturated heterocycles. The van der Waals surface area contributed by atoms with Gasteiger partial charge in [0.1, 0.15) is 17.1 Å². The van der Waals surface area contributed by atoms with Gasteiger partial charge in [-0.15, -0.1) is 0 Å². The fourth-order valence-electron chi connectivity index (χ4n) is 1.78. The van der Waals surface area contributed by atoms with Gasteiger partial charge in [-0.1, -0.05) is 18.2 Å². The Bertz CT molecular complexity index is 651. The van der Waals surface area contributed by atoms with Crippen molar-refractivity contribution < 1.29 is 27.4 Å². The van der Waals surface area contributed by atoms with Crippen molar-refractivity contribution in [2.75, 3.05) is 6.61 Å². The standard InChI is InChI=1S/C16H13F3O3/c1-2-21-15(20)13-9-8-11(16(17,18)19)10-14(13)22-12-6-4-3-5-7-12/h3-10H,2H2,1H3. The lowest BCUT2D eigenvalue weighted by atomic mass is 10.1. The van der Waals surface area contributed by atoms with Crippen LogP contribution in [0.25, 0.3) is 0 Å². The van der Waals surface area contributed by atoms with Crippen molar-refractivity contribution in [3.8, 4) is 11.5 Å². The first-order valence-electron chi connectivity index (χ1n) is 6.53. The van der Waals surface area contributed by atoms with Gasteiger partial charge in [0.05, 0.1) is 12.2 Å². The van der Waals surface area contributed by atoms with Gasteiger partial charge in [0, 0.05) is 0 Å². The van der Waals surface area contributed by atoms with Crippen molar-refractivity contribution >= 4 is 5.97 Å². The number of alkyl halides is 3. The molecule has 0 aliphatic rings. The number of esters is 1. The van der Waals surface area contributed by atoms with Crippen LogP contribution in [0.2, 0.25) is 0 Å². The van der Waals surface area contributed by atoms with Gasteiger partial charge in [0.25, 0.3) is 0 Å². The van der Waals surface area contributed by atoms with Gasteiger partial charge in [-0.05, 0) is 37.3 Å². The maximum atomic E-state index is 12.8. The first-order valence-corrected chi connectivity index (χ1v) is 6.53. The van der Waals surface area contributed by atoms with E-state index in [2.05, 4.69) is 0 Å². The predicted molar refractivity (Wildman–Crippen MR) is 73.9 cm³/mol. The van der Waals surface area contributed by atoms with Crippen LogP contribution in [-0.2, 0) is 10.9 Å². The third-order valence-corrected chi connectivity index (χ3v) is 2.78. The molecular formula is C16H13F3O3. The zero-order chi connectivity index (χ0) is 16.2. The van der Waals surface area contributed by atoms with Gasteiger partial charge in [-0.3, -0.25) is 0 Å². The van der Waals surface area contributed by atoms with E-state index in [9.17, 15) is 18.0 Å². The lowest BCUT2D eigenvalue weighted by Crippen LogP contribution is -2.10. The second kappa shape index (κ2) is 6.51. The molecule has 0 saturated carbocycles. The zero-order valence-corrected chi connectivity index (χ0v) is 11.7. The molecule has 2 aromatic carbocycles. The van der Waals surface area contributed by atoms with Crippen LogP contribution in [0, 0.1) is 0 Å². The Morgan fingerprint density at radius 1 is 1.09 bits per heavy atom. The third kappa shape index (κ3) is 3.78. The molecular weight excluding hydrogens is 297 g/mol. The Kier molecular flexibility index (Phi) is 4.70. The van der Waals surface area contributed by atoms with E-state index >= 15 is 0 Å². The molecule has 6 heteroatoms. The summed E-state index contributed by atoms with van der Waals surface area (Å²) in [6, 6.07) is 10.9. The fourth-order valence-corrected chi connectivity index (χ4v) is 1.78. The zero-order valence-electron chi connectivity index (χ0n) is 11.7. The highest BCUT2D eigenvalue weighted by Gasteiger charge is 2.32. The average Bonchev–Trinajstić information content (AvgIpc) is 2.47. The SMILES string of the molecule is CCOC(=O)c1ccc(C(F)(F)F)cc1Oc1ccccc1. The number of carbonyl (C=O) groups excluding carboxylic acids is 1. The van der Waals surface area contributed by atoms with Crippen LogP contribution in [-0.4, -0.2) is 12.6 Å². The molecule has 0 fully saturated rings. The number of benzene rings is 2. The Hall–Kier alpha value is -2.50. The monoisotopic (exact) mass is 310 g/mol. The lowest BCUT2D eigenvalue weighted by Gasteiger charge is -2.13. The largest absolute Gasteiger partial charge is 0.462 e. The average molecular weight is 310 g/mol. The minimum absolute atomic E-state index is 0.0568. The smallest absolute Gasteiger partial charge is 0.416 e. The quantitative estimate of drug-likeness (QED) is 0.770. The Labute approximate surface area is 125 Å². The molecule has 0 N–H and O–H groups in total. The van der Waals surface area contributed by atoms with Crippen molar-refractivity contribution in [2.45, 2.75) is 13.1 Å². The van der Waals surface area contributed by atoms with E-state index in [0.717, 1.165) is 18.2 Å². The van der Waals surface area contributed by atoms with E-state index in [1.165, 1.54) is 0 Å². The fraction of sp³-hybridized carbons (Fsp3) is 0.188. The van der Waals surface area contributed by atoms with Crippen LogP contribution in [0.1, 0.15) is 22.8 Å². The van der Waals surface area contributed by atoms with Crippen LogP contribution in [0.3, 0.4) is 0 Å². The van der Waals surface area contributed by atoms with Crippen molar-refractivity contribution in [3.05, 3.63) is 59.7 Å².